The number of hydrogen-bond donors (Lipinski definition) is 2. The van der Waals surface area contributed by atoms with E-state index in [1.807, 2.05) is 6.07 Å². The minimum Gasteiger partial charge on any atom is -0.368 e. The van der Waals surface area contributed by atoms with Crippen LogP contribution in [-0.2, 0) is 10.0 Å². The van der Waals surface area contributed by atoms with Crippen molar-refractivity contribution < 1.29 is 8.42 Å². The van der Waals surface area contributed by atoms with Crippen molar-refractivity contribution in [1.29, 1.82) is 5.26 Å². The summed E-state index contributed by atoms with van der Waals surface area (Å²) in [6.45, 7) is 0.369. The Kier molecular flexibility index (Phi) is 5.61. The van der Waals surface area contributed by atoms with Gasteiger partial charge in [-0.2, -0.15) is 5.26 Å². The van der Waals surface area contributed by atoms with Gasteiger partial charge in [0.15, 0.2) is 0 Å². The first-order valence-electron chi connectivity index (χ1n) is 5.97. The van der Waals surface area contributed by atoms with E-state index in [0.717, 1.165) is 11.3 Å². The Hall–Kier alpha value is -1.37. The predicted molar refractivity (Wildman–Crippen MR) is 87.0 cm³/mol. The lowest BCUT2D eigenvalue weighted by Crippen LogP contribution is -2.29. The van der Waals surface area contributed by atoms with Crippen LogP contribution in [-0.4, -0.2) is 26.5 Å². The van der Waals surface area contributed by atoms with E-state index in [1.165, 1.54) is 6.07 Å². The predicted octanol–water partition coefficient (Wildman–Crippen LogP) is 2.71. The van der Waals surface area contributed by atoms with Crippen LogP contribution in [0.15, 0.2) is 29.3 Å². The number of anilines is 1. The number of sulfonamides is 1. The summed E-state index contributed by atoms with van der Waals surface area (Å²) in [5, 5.41) is 11.8. The molecule has 22 heavy (non-hydrogen) atoms. The van der Waals surface area contributed by atoms with Crippen LogP contribution in [0, 0.1) is 11.3 Å². The topological polar surface area (TPSA) is 94.9 Å². The zero-order chi connectivity index (χ0) is 16.2. The molecule has 2 heterocycles. The highest BCUT2D eigenvalue weighted by atomic mass is 35.5. The lowest BCUT2D eigenvalue weighted by molar-refractivity contribution is 0.583. The Bertz CT molecular complexity index is 815. The zero-order valence-electron chi connectivity index (χ0n) is 11.0. The van der Waals surface area contributed by atoms with E-state index in [2.05, 4.69) is 15.0 Å². The Morgan fingerprint density at radius 3 is 2.77 bits per heavy atom. The molecule has 0 aliphatic carbocycles. The molecule has 0 saturated heterocycles. The SMILES string of the molecule is N#Cc1cccnc1NCCNS(=O)(=O)c1cc(Cl)sc1Cl. The number of thiophene rings is 1. The molecule has 2 N–H and O–H groups in total. The Balaban J connectivity index is 1.94. The molecule has 0 radical (unpaired) electrons. The average molecular weight is 377 g/mol. The normalized spacial score (nSPS) is 11.1. The van der Waals surface area contributed by atoms with Gasteiger partial charge in [-0.3, -0.25) is 0 Å². The summed E-state index contributed by atoms with van der Waals surface area (Å²) >= 11 is 12.6. The molecule has 0 fully saturated rings. The van der Waals surface area contributed by atoms with Gasteiger partial charge in [0.25, 0.3) is 0 Å². The molecular weight excluding hydrogens is 367 g/mol. The summed E-state index contributed by atoms with van der Waals surface area (Å²) in [7, 11) is -3.72. The van der Waals surface area contributed by atoms with Crippen molar-refractivity contribution in [3.05, 3.63) is 38.6 Å². The average Bonchev–Trinajstić information content (AvgIpc) is 2.83. The fourth-order valence-corrected chi connectivity index (χ4v) is 4.77. The van der Waals surface area contributed by atoms with Crippen LogP contribution >= 0.6 is 34.5 Å². The summed E-state index contributed by atoms with van der Waals surface area (Å²) in [6, 6.07) is 6.56. The molecule has 0 saturated carbocycles. The van der Waals surface area contributed by atoms with Crippen LogP contribution in [0.3, 0.4) is 0 Å². The van der Waals surface area contributed by atoms with E-state index >= 15 is 0 Å². The molecule has 0 spiro atoms. The second kappa shape index (κ2) is 7.26. The number of nitrogens with one attached hydrogen (secondary N) is 2. The number of aromatic nitrogens is 1. The van der Waals surface area contributed by atoms with Gasteiger partial charge in [-0.1, -0.05) is 23.2 Å². The maximum absolute atomic E-state index is 12.1. The summed E-state index contributed by atoms with van der Waals surface area (Å²) in [4.78, 5) is 3.97. The molecular formula is C12H10Cl2N4O2S2. The van der Waals surface area contributed by atoms with Gasteiger partial charge in [-0.05, 0) is 18.2 Å². The summed E-state index contributed by atoms with van der Waals surface area (Å²) in [6.07, 6.45) is 1.54. The fourth-order valence-electron chi connectivity index (χ4n) is 1.59. The Morgan fingerprint density at radius 2 is 2.14 bits per heavy atom. The van der Waals surface area contributed by atoms with Gasteiger partial charge in [0.2, 0.25) is 10.0 Å². The molecule has 0 aliphatic rings. The van der Waals surface area contributed by atoms with Crippen molar-refractivity contribution >= 4 is 50.4 Å². The second-order valence-electron chi connectivity index (χ2n) is 4.02. The van der Waals surface area contributed by atoms with Crippen molar-refractivity contribution in [2.24, 2.45) is 0 Å². The van der Waals surface area contributed by atoms with Crippen LogP contribution in [0.1, 0.15) is 5.56 Å². The standard InChI is InChI=1S/C12H10Cl2N4O2S2/c13-10-6-9(11(14)21-10)22(19,20)18-5-4-17-12-8(7-15)2-1-3-16-12/h1-3,6,18H,4-5H2,(H,16,17). The van der Waals surface area contributed by atoms with Crippen molar-refractivity contribution in [2.75, 3.05) is 18.4 Å². The zero-order valence-corrected chi connectivity index (χ0v) is 14.2. The Labute approximate surface area is 141 Å². The number of nitriles is 1. The monoisotopic (exact) mass is 376 g/mol. The van der Waals surface area contributed by atoms with Gasteiger partial charge in [0.1, 0.15) is 21.1 Å². The van der Waals surface area contributed by atoms with Crippen LogP contribution in [0.2, 0.25) is 8.67 Å². The summed E-state index contributed by atoms with van der Waals surface area (Å²) in [5.74, 6) is 0.404. The minimum absolute atomic E-state index is 0.0419. The molecule has 0 amide bonds. The summed E-state index contributed by atoms with van der Waals surface area (Å²) in [5.41, 5.74) is 0.387. The second-order valence-corrected chi connectivity index (χ2v) is 8.05. The first kappa shape index (κ1) is 17.0. The van der Waals surface area contributed by atoms with E-state index in [-0.39, 0.29) is 22.3 Å². The first-order valence-corrected chi connectivity index (χ1v) is 9.03. The van der Waals surface area contributed by atoms with E-state index in [9.17, 15) is 8.42 Å². The smallest absolute Gasteiger partial charge is 0.243 e. The largest absolute Gasteiger partial charge is 0.368 e. The number of rotatable bonds is 6. The number of halogens is 2. The van der Waals surface area contributed by atoms with Gasteiger partial charge < -0.3 is 5.32 Å². The molecule has 116 valence electrons. The van der Waals surface area contributed by atoms with E-state index < -0.39 is 10.0 Å². The third kappa shape index (κ3) is 4.09. The molecule has 0 atom stereocenters. The number of nitrogens with zero attached hydrogens (tertiary/aromatic N) is 2. The third-order valence-corrected chi connectivity index (χ3v) is 5.77. The van der Waals surface area contributed by atoms with Gasteiger partial charge in [0, 0.05) is 19.3 Å². The molecule has 0 aromatic carbocycles. The third-order valence-electron chi connectivity index (χ3n) is 2.55. The van der Waals surface area contributed by atoms with Gasteiger partial charge in [-0.25, -0.2) is 18.1 Å². The molecule has 6 nitrogen and oxygen atoms in total. The quantitative estimate of drug-likeness (QED) is 0.755. The van der Waals surface area contributed by atoms with Crippen LogP contribution in [0.5, 0.6) is 0 Å². The molecule has 10 heteroatoms. The van der Waals surface area contributed by atoms with Crippen LogP contribution < -0.4 is 10.0 Å². The van der Waals surface area contributed by atoms with Crippen LogP contribution in [0.4, 0.5) is 5.82 Å². The molecule has 0 unspecified atom stereocenters. The highest BCUT2D eigenvalue weighted by Gasteiger charge is 2.20. The van der Waals surface area contributed by atoms with Gasteiger partial charge >= 0.3 is 0 Å². The molecule has 2 rings (SSSR count). The number of hydrogen-bond acceptors (Lipinski definition) is 6. The van der Waals surface area contributed by atoms with E-state index in [1.54, 1.807) is 18.3 Å². The van der Waals surface area contributed by atoms with Gasteiger partial charge in [-0.15, -0.1) is 11.3 Å². The van der Waals surface area contributed by atoms with Crippen molar-refractivity contribution in [2.45, 2.75) is 4.90 Å². The molecule has 2 aromatic rings. The van der Waals surface area contributed by atoms with Crippen molar-refractivity contribution in [3.63, 3.8) is 0 Å². The lowest BCUT2D eigenvalue weighted by atomic mass is 10.3. The lowest BCUT2D eigenvalue weighted by Gasteiger charge is -2.08. The summed E-state index contributed by atoms with van der Waals surface area (Å²) < 4.78 is 26.9. The minimum atomic E-state index is -3.72. The fraction of sp³-hybridized carbons (Fsp3) is 0.167. The first-order chi connectivity index (χ1) is 10.4. The molecule has 2 aromatic heterocycles. The maximum Gasteiger partial charge on any atom is 0.243 e. The Morgan fingerprint density at radius 1 is 1.36 bits per heavy atom. The van der Waals surface area contributed by atoms with Crippen LogP contribution in [0.25, 0.3) is 0 Å². The van der Waals surface area contributed by atoms with E-state index in [0.29, 0.717) is 15.7 Å². The number of pyridine rings is 1. The van der Waals surface area contributed by atoms with Crippen molar-refractivity contribution in [3.8, 4) is 6.07 Å². The van der Waals surface area contributed by atoms with Crippen molar-refractivity contribution in [1.82, 2.24) is 9.71 Å². The highest BCUT2D eigenvalue weighted by molar-refractivity contribution is 7.89. The van der Waals surface area contributed by atoms with Gasteiger partial charge in [0.05, 0.1) is 9.90 Å². The molecule has 0 aliphatic heterocycles. The maximum atomic E-state index is 12.1. The highest BCUT2D eigenvalue weighted by Crippen LogP contribution is 2.33. The molecule has 0 bridgehead atoms. The van der Waals surface area contributed by atoms with E-state index in [4.69, 9.17) is 28.5 Å².